The molecule has 0 amide bonds. The standard InChI is InChI=1S/C16H13Cl2N3O3.CH4/c1-24-13-3-2-6-21-15(13)20-14(10(8-22)16(21)23)19-9-4-5-11(17)12(18)7-9;/h2-7,19,22H,8H2,1H3;1H4. The molecule has 2 heterocycles. The number of aliphatic hydroxyl groups is 1. The SMILES string of the molecule is C.COc1cccn2c(=O)c(CO)c(Nc3ccc(Cl)c(Cl)c3)nc12. The molecule has 132 valence electrons. The van der Waals surface area contributed by atoms with Crippen LogP contribution in [0.1, 0.15) is 13.0 Å². The van der Waals surface area contributed by atoms with Crippen LogP contribution in [-0.4, -0.2) is 21.6 Å². The molecule has 25 heavy (non-hydrogen) atoms. The predicted octanol–water partition coefficient (Wildman–Crippen LogP) is 3.88. The van der Waals surface area contributed by atoms with Gasteiger partial charge in [-0.2, -0.15) is 0 Å². The van der Waals surface area contributed by atoms with Crippen LogP contribution in [0.2, 0.25) is 10.0 Å². The summed E-state index contributed by atoms with van der Waals surface area (Å²) < 4.78 is 6.57. The number of fused-ring (bicyclic) bond motifs is 1. The van der Waals surface area contributed by atoms with Crippen LogP contribution in [0, 0.1) is 0 Å². The lowest BCUT2D eigenvalue weighted by Gasteiger charge is -2.13. The summed E-state index contributed by atoms with van der Waals surface area (Å²) in [5, 5.41) is 13.4. The van der Waals surface area contributed by atoms with Crippen LogP contribution in [0.5, 0.6) is 5.75 Å². The first-order chi connectivity index (χ1) is 11.5. The van der Waals surface area contributed by atoms with Crippen LogP contribution >= 0.6 is 23.2 Å². The normalized spacial score (nSPS) is 10.4. The number of pyridine rings is 1. The van der Waals surface area contributed by atoms with Crippen LogP contribution in [-0.2, 0) is 6.61 Å². The second-order valence-corrected chi connectivity index (χ2v) is 5.74. The van der Waals surface area contributed by atoms with E-state index < -0.39 is 6.61 Å². The van der Waals surface area contributed by atoms with Crippen molar-refractivity contribution in [2.75, 3.05) is 12.4 Å². The minimum atomic E-state index is -0.463. The van der Waals surface area contributed by atoms with E-state index >= 15 is 0 Å². The van der Waals surface area contributed by atoms with Gasteiger partial charge in [0, 0.05) is 11.9 Å². The third-order valence-electron chi connectivity index (χ3n) is 3.47. The van der Waals surface area contributed by atoms with E-state index in [1.54, 1.807) is 36.5 Å². The smallest absolute Gasteiger partial charge is 0.265 e. The minimum absolute atomic E-state index is 0. The minimum Gasteiger partial charge on any atom is -0.493 e. The Morgan fingerprint density at radius 1 is 1.28 bits per heavy atom. The van der Waals surface area contributed by atoms with Crippen molar-refractivity contribution in [1.29, 1.82) is 0 Å². The molecule has 0 aliphatic rings. The largest absolute Gasteiger partial charge is 0.493 e. The number of hydrogen-bond acceptors (Lipinski definition) is 5. The molecule has 0 saturated heterocycles. The van der Waals surface area contributed by atoms with E-state index in [1.165, 1.54) is 11.5 Å². The Morgan fingerprint density at radius 3 is 2.68 bits per heavy atom. The summed E-state index contributed by atoms with van der Waals surface area (Å²) >= 11 is 11.9. The van der Waals surface area contributed by atoms with Crippen LogP contribution in [0.3, 0.4) is 0 Å². The number of aliphatic hydroxyl groups excluding tert-OH is 1. The van der Waals surface area contributed by atoms with E-state index in [9.17, 15) is 9.90 Å². The molecule has 0 atom stereocenters. The molecular formula is C17H17Cl2N3O3. The van der Waals surface area contributed by atoms with Gasteiger partial charge in [0.25, 0.3) is 5.56 Å². The highest BCUT2D eigenvalue weighted by molar-refractivity contribution is 6.42. The molecule has 2 N–H and O–H groups in total. The highest BCUT2D eigenvalue weighted by Gasteiger charge is 2.15. The molecule has 0 aliphatic carbocycles. The molecule has 0 spiro atoms. The van der Waals surface area contributed by atoms with E-state index in [0.29, 0.717) is 27.1 Å². The quantitative estimate of drug-likeness (QED) is 0.716. The van der Waals surface area contributed by atoms with E-state index in [1.807, 2.05) is 0 Å². The average molecular weight is 382 g/mol. The summed E-state index contributed by atoms with van der Waals surface area (Å²) in [6.45, 7) is -0.463. The lowest BCUT2D eigenvalue weighted by Crippen LogP contribution is -2.22. The predicted molar refractivity (Wildman–Crippen MR) is 100 cm³/mol. The number of halogens is 2. The highest BCUT2D eigenvalue weighted by atomic mass is 35.5. The van der Waals surface area contributed by atoms with Crippen molar-refractivity contribution in [3.63, 3.8) is 0 Å². The van der Waals surface area contributed by atoms with Crippen molar-refractivity contribution in [2.45, 2.75) is 14.0 Å². The van der Waals surface area contributed by atoms with Gasteiger partial charge in [-0.3, -0.25) is 9.20 Å². The fourth-order valence-corrected chi connectivity index (χ4v) is 2.59. The zero-order valence-corrected chi connectivity index (χ0v) is 14.1. The fraction of sp³-hybridized carbons (Fsp3) is 0.176. The molecule has 8 heteroatoms. The molecule has 6 nitrogen and oxygen atoms in total. The number of rotatable bonds is 4. The molecule has 3 rings (SSSR count). The van der Waals surface area contributed by atoms with Crippen LogP contribution in [0.15, 0.2) is 41.3 Å². The molecule has 0 fully saturated rings. The Kier molecular flexibility index (Phi) is 5.89. The molecule has 1 aromatic carbocycles. The molecule has 0 radical (unpaired) electrons. The maximum absolute atomic E-state index is 12.6. The lowest BCUT2D eigenvalue weighted by atomic mass is 10.2. The number of anilines is 2. The van der Waals surface area contributed by atoms with Gasteiger partial charge >= 0.3 is 0 Å². The fourth-order valence-electron chi connectivity index (χ4n) is 2.29. The van der Waals surface area contributed by atoms with Gasteiger partial charge in [-0.1, -0.05) is 30.6 Å². The summed E-state index contributed by atoms with van der Waals surface area (Å²) in [5.41, 5.74) is 0.672. The lowest BCUT2D eigenvalue weighted by molar-refractivity contribution is 0.280. The summed E-state index contributed by atoms with van der Waals surface area (Å²) in [7, 11) is 1.49. The van der Waals surface area contributed by atoms with Crippen LogP contribution in [0.4, 0.5) is 11.5 Å². The maximum atomic E-state index is 12.6. The van der Waals surface area contributed by atoms with Crippen molar-refractivity contribution < 1.29 is 9.84 Å². The van der Waals surface area contributed by atoms with Crippen molar-refractivity contribution in [3.8, 4) is 5.75 Å². The van der Waals surface area contributed by atoms with Gasteiger partial charge in [-0.25, -0.2) is 4.98 Å². The van der Waals surface area contributed by atoms with Gasteiger partial charge in [0.15, 0.2) is 11.4 Å². The number of nitrogens with zero attached hydrogens (tertiary/aromatic N) is 2. The number of aromatic nitrogens is 2. The Hall–Kier alpha value is -2.28. The van der Waals surface area contributed by atoms with Crippen LogP contribution < -0.4 is 15.6 Å². The van der Waals surface area contributed by atoms with Gasteiger partial charge in [0.2, 0.25) is 0 Å². The summed E-state index contributed by atoms with van der Waals surface area (Å²) in [4.78, 5) is 17.0. The zero-order valence-electron chi connectivity index (χ0n) is 12.6. The van der Waals surface area contributed by atoms with Crippen molar-refractivity contribution in [2.24, 2.45) is 0 Å². The van der Waals surface area contributed by atoms with E-state index in [0.717, 1.165) is 0 Å². The topological polar surface area (TPSA) is 75.9 Å². The molecule has 2 aromatic heterocycles. The highest BCUT2D eigenvalue weighted by Crippen LogP contribution is 2.28. The van der Waals surface area contributed by atoms with Crippen molar-refractivity contribution >= 4 is 40.4 Å². The third-order valence-corrected chi connectivity index (χ3v) is 4.21. The van der Waals surface area contributed by atoms with E-state index in [4.69, 9.17) is 27.9 Å². The second-order valence-electron chi connectivity index (χ2n) is 4.93. The first-order valence-corrected chi connectivity index (χ1v) is 7.72. The molecule has 0 bridgehead atoms. The maximum Gasteiger partial charge on any atom is 0.265 e. The van der Waals surface area contributed by atoms with Gasteiger partial charge in [-0.15, -0.1) is 0 Å². The average Bonchev–Trinajstić information content (AvgIpc) is 2.58. The van der Waals surface area contributed by atoms with Gasteiger partial charge in [0.1, 0.15) is 5.82 Å². The van der Waals surface area contributed by atoms with Crippen molar-refractivity contribution in [1.82, 2.24) is 9.38 Å². The first-order valence-electron chi connectivity index (χ1n) is 6.96. The molecule has 0 aliphatic heterocycles. The van der Waals surface area contributed by atoms with Crippen molar-refractivity contribution in [3.05, 3.63) is 62.5 Å². The third kappa shape index (κ3) is 3.56. The first kappa shape index (κ1) is 19.1. The zero-order chi connectivity index (χ0) is 17.3. The summed E-state index contributed by atoms with van der Waals surface area (Å²) in [6, 6.07) is 8.29. The second kappa shape index (κ2) is 7.74. The van der Waals surface area contributed by atoms with Gasteiger partial charge in [-0.05, 0) is 30.3 Å². The monoisotopic (exact) mass is 381 g/mol. The van der Waals surface area contributed by atoms with E-state index in [-0.39, 0.29) is 24.4 Å². The number of methoxy groups -OCH3 is 1. The summed E-state index contributed by atoms with van der Waals surface area (Å²) in [5.74, 6) is 0.668. The number of nitrogens with one attached hydrogen (secondary N) is 1. The Morgan fingerprint density at radius 2 is 2.04 bits per heavy atom. The number of benzene rings is 1. The Labute approximate surface area is 154 Å². The van der Waals surface area contributed by atoms with Gasteiger partial charge < -0.3 is 15.2 Å². The molecule has 0 unspecified atom stereocenters. The number of hydrogen-bond donors (Lipinski definition) is 2. The van der Waals surface area contributed by atoms with E-state index in [2.05, 4.69) is 10.3 Å². The molecule has 0 saturated carbocycles. The Balaban J connectivity index is 0.00000225. The molecular weight excluding hydrogens is 365 g/mol. The summed E-state index contributed by atoms with van der Waals surface area (Å²) in [6.07, 6.45) is 1.56. The van der Waals surface area contributed by atoms with Crippen LogP contribution in [0.25, 0.3) is 5.65 Å². The number of ether oxygens (including phenoxy) is 1. The Bertz CT molecular complexity index is 973. The molecule has 3 aromatic rings. The van der Waals surface area contributed by atoms with Gasteiger partial charge in [0.05, 0.1) is 29.3 Å².